The quantitative estimate of drug-likeness (QED) is 0.618. The molecule has 3 aromatic rings. The zero-order chi connectivity index (χ0) is 23.2. The third-order valence-electron chi connectivity index (χ3n) is 6.58. The van der Waals surface area contributed by atoms with Gasteiger partial charge in [-0.3, -0.25) is 4.79 Å². The summed E-state index contributed by atoms with van der Waals surface area (Å²) in [5.74, 6) is 0.406. The number of pyridine rings is 1. The van der Waals surface area contributed by atoms with E-state index < -0.39 is 9.84 Å². The highest BCUT2D eigenvalue weighted by molar-refractivity contribution is 7.91. The van der Waals surface area contributed by atoms with Gasteiger partial charge >= 0.3 is 0 Å². The zero-order valence-corrected chi connectivity index (χ0v) is 19.2. The number of hydrogen-bond donors (Lipinski definition) is 2. The molecule has 1 aromatic heterocycles. The van der Waals surface area contributed by atoms with Gasteiger partial charge in [-0.2, -0.15) is 0 Å². The number of carbonyl (C=O) groups excluding carboxylic acids is 1. The molecule has 33 heavy (non-hydrogen) atoms. The minimum atomic E-state index is -3.02. The summed E-state index contributed by atoms with van der Waals surface area (Å²) in [5, 5.41) is 2.56. The van der Waals surface area contributed by atoms with Crippen LogP contribution >= 0.6 is 0 Å². The topological polar surface area (TPSA) is 105 Å². The van der Waals surface area contributed by atoms with E-state index in [-0.39, 0.29) is 11.2 Å². The molecule has 2 aromatic carbocycles. The summed E-state index contributed by atoms with van der Waals surface area (Å²) in [6.07, 6.45) is 4.52. The molecule has 0 unspecified atom stereocenters. The minimum Gasteiger partial charge on any atom is -0.383 e. The number of rotatable bonds is 4. The number of benzene rings is 2. The normalized spacial score (nSPS) is 18.2. The Morgan fingerprint density at radius 1 is 1.03 bits per heavy atom. The van der Waals surface area contributed by atoms with Crippen LogP contribution in [0.25, 0.3) is 22.3 Å². The highest BCUT2D eigenvalue weighted by atomic mass is 32.2. The summed E-state index contributed by atoms with van der Waals surface area (Å²) in [7, 11) is -3.02. The second-order valence-electron chi connectivity index (χ2n) is 8.77. The zero-order valence-electron chi connectivity index (χ0n) is 18.4. The van der Waals surface area contributed by atoms with Crippen molar-refractivity contribution in [1.29, 1.82) is 0 Å². The molecule has 1 atom stereocenters. The molecule has 0 radical (unpaired) electrons. The number of carbonyl (C=O) groups is 1. The van der Waals surface area contributed by atoms with Crippen LogP contribution in [0, 0.1) is 0 Å². The van der Waals surface area contributed by atoms with Crippen LogP contribution in [0.4, 0.5) is 11.5 Å². The first-order chi connectivity index (χ1) is 15.8. The van der Waals surface area contributed by atoms with Crippen molar-refractivity contribution < 1.29 is 13.2 Å². The second-order valence-corrected chi connectivity index (χ2v) is 11.1. The molecule has 0 spiro atoms. The average molecular weight is 463 g/mol. The fourth-order valence-corrected chi connectivity index (χ4v) is 5.62. The molecule has 3 heterocycles. The number of anilines is 2. The van der Waals surface area contributed by atoms with E-state index in [2.05, 4.69) is 15.2 Å². The number of fused-ring (bicyclic) bond motifs is 1. The van der Waals surface area contributed by atoms with Crippen LogP contribution in [0.3, 0.4) is 0 Å². The number of sulfone groups is 1. The first-order valence-corrected chi connectivity index (χ1v) is 13.0. The molecule has 0 saturated carbocycles. The van der Waals surface area contributed by atoms with Crippen molar-refractivity contribution in [3.63, 3.8) is 0 Å². The number of nitrogen functional groups attached to an aromatic ring is 1. The van der Waals surface area contributed by atoms with Crippen LogP contribution in [-0.2, 0) is 16.3 Å². The van der Waals surface area contributed by atoms with E-state index in [9.17, 15) is 13.2 Å². The third-order valence-corrected chi connectivity index (χ3v) is 8.17. The Hall–Kier alpha value is -3.39. The Morgan fingerprint density at radius 2 is 1.79 bits per heavy atom. The molecule has 2 aliphatic rings. The smallest absolute Gasteiger partial charge is 0.251 e. The van der Waals surface area contributed by atoms with Crippen molar-refractivity contribution >= 4 is 27.2 Å². The first kappa shape index (κ1) is 21.5. The summed E-state index contributed by atoms with van der Waals surface area (Å²) in [4.78, 5) is 18.6. The van der Waals surface area contributed by atoms with Crippen LogP contribution in [0.2, 0.25) is 0 Å². The molecule has 170 valence electrons. The molecule has 1 saturated heterocycles. The number of nitrogens with two attached hydrogens (primary N) is 1. The number of nitrogens with one attached hydrogen (secondary N) is 1. The third kappa shape index (κ3) is 4.18. The summed E-state index contributed by atoms with van der Waals surface area (Å²) < 4.78 is 23.7. The molecular formula is C25H26N4O3S. The van der Waals surface area contributed by atoms with E-state index >= 15 is 0 Å². The van der Waals surface area contributed by atoms with E-state index in [4.69, 9.17) is 5.73 Å². The standard InChI is InChI=1S/C25H26N4O3S/c1-33(31,32)21-9-11-29(15-21)20-5-2-16(3-6-20)19-13-23(24(26)28-14-19)17-4-7-22-18(12-17)8-10-27-25(22)30/h2-7,12-14,21H,8-11,15H2,1H3,(H2,26,28)(H,27,30)/t21-/m0/s1. The number of hydrogen-bond acceptors (Lipinski definition) is 6. The Kier molecular flexibility index (Phi) is 5.32. The van der Waals surface area contributed by atoms with Crippen LogP contribution in [0.15, 0.2) is 54.7 Å². The van der Waals surface area contributed by atoms with Crippen molar-refractivity contribution in [2.75, 3.05) is 36.5 Å². The van der Waals surface area contributed by atoms with Crippen molar-refractivity contribution in [3.05, 3.63) is 65.9 Å². The lowest BCUT2D eigenvalue weighted by molar-refractivity contribution is 0.0946. The Morgan fingerprint density at radius 3 is 2.52 bits per heavy atom. The number of aromatic nitrogens is 1. The maximum Gasteiger partial charge on any atom is 0.251 e. The Balaban J connectivity index is 1.41. The van der Waals surface area contributed by atoms with Gasteiger partial charge < -0.3 is 16.0 Å². The van der Waals surface area contributed by atoms with Crippen molar-refractivity contribution in [2.45, 2.75) is 18.1 Å². The number of nitrogens with zero attached hydrogens (tertiary/aromatic N) is 2. The van der Waals surface area contributed by atoms with Gasteiger partial charge in [0.1, 0.15) is 5.82 Å². The van der Waals surface area contributed by atoms with E-state index in [1.807, 2.05) is 48.5 Å². The Labute approximate surface area is 193 Å². The maximum absolute atomic E-state index is 12.0. The Bertz CT molecular complexity index is 1340. The van der Waals surface area contributed by atoms with E-state index in [1.165, 1.54) is 6.26 Å². The SMILES string of the molecule is CS(=O)(=O)[C@H]1CCN(c2ccc(-c3cnc(N)c(-c4ccc5c(c4)CCNC5=O)c3)cc2)C1. The minimum absolute atomic E-state index is 0.0383. The lowest BCUT2D eigenvalue weighted by Crippen LogP contribution is -2.31. The van der Waals surface area contributed by atoms with Gasteiger partial charge in [0.2, 0.25) is 0 Å². The van der Waals surface area contributed by atoms with Crippen molar-refractivity contribution in [2.24, 2.45) is 0 Å². The lowest BCUT2D eigenvalue weighted by atomic mass is 9.94. The molecule has 2 aliphatic heterocycles. The van der Waals surface area contributed by atoms with E-state index in [0.29, 0.717) is 30.9 Å². The van der Waals surface area contributed by atoms with Gasteiger partial charge in [0.15, 0.2) is 9.84 Å². The monoisotopic (exact) mass is 462 g/mol. The molecule has 8 heteroatoms. The predicted octanol–water partition coefficient (Wildman–Crippen LogP) is 2.91. The molecule has 5 rings (SSSR count). The van der Waals surface area contributed by atoms with Gasteiger partial charge in [-0.15, -0.1) is 0 Å². The fraction of sp³-hybridized carbons (Fsp3) is 0.280. The summed E-state index contributed by atoms with van der Waals surface area (Å²) in [6, 6.07) is 15.9. The molecule has 7 nitrogen and oxygen atoms in total. The van der Waals surface area contributed by atoms with Gasteiger partial charge in [0, 0.05) is 54.5 Å². The van der Waals surface area contributed by atoms with E-state index in [1.54, 1.807) is 6.20 Å². The van der Waals surface area contributed by atoms with Gasteiger partial charge in [-0.05, 0) is 53.8 Å². The van der Waals surface area contributed by atoms with E-state index in [0.717, 1.165) is 46.5 Å². The predicted molar refractivity (Wildman–Crippen MR) is 131 cm³/mol. The highest BCUT2D eigenvalue weighted by Gasteiger charge is 2.30. The average Bonchev–Trinajstić information content (AvgIpc) is 3.31. The summed E-state index contributed by atoms with van der Waals surface area (Å²) >= 11 is 0. The molecule has 1 amide bonds. The summed E-state index contributed by atoms with van der Waals surface area (Å²) in [6.45, 7) is 1.90. The van der Waals surface area contributed by atoms with Crippen molar-refractivity contribution in [3.8, 4) is 22.3 Å². The summed E-state index contributed by atoms with van der Waals surface area (Å²) in [5.41, 5.74) is 12.7. The van der Waals surface area contributed by atoms with Crippen molar-refractivity contribution in [1.82, 2.24) is 10.3 Å². The number of amides is 1. The largest absolute Gasteiger partial charge is 0.383 e. The maximum atomic E-state index is 12.0. The molecule has 3 N–H and O–H groups in total. The molecular weight excluding hydrogens is 436 g/mol. The van der Waals surface area contributed by atoms with Crippen LogP contribution in [0.1, 0.15) is 22.3 Å². The van der Waals surface area contributed by atoms with Gasteiger partial charge in [-0.25, -0.2) is 13.4 Å². The molecule has 0 aliphatic carbocycles. The molecule has 0 bridgehead atoms. The molecule has 1 fully saturated rings. The van der Waals surface area contributed by atoms with Crippen LogP contribution in [0.5, 0.6) is 0 Å². The van der Waals surface area contributed by atoms with Gasteiger partial charge in [0.05, 0.1) is 5.25 Å². The lowest BCUT2D eigenvalue weighted by Gasteiger charge is -2.19. The van der Waals surface area contributed by atoms with Gasteiger partial charge in [0.25, 0.3) is 5.91 Å². The highest BCUT2D eigenvalue weighted by Crippen LogP contribution is 2.33. The van der Waals surface area contributed by atoms with Gasteiger partial charge in [-0.1, -0.05) is 24.3 Å². The first-order valence-electron chi connectivity index (χ1n) is 11.0. The van der Waals surface area contributed by atoms with Crippen LogP contribution < -0.4 is 16.0 Å². The van der Waals surface area contributed by atoms with Crippen LogP contribution in [-0.4, -0.2) is 50.4 Å². The second kappa shape index (κ2) is 8.19. The fourth-order valence-electron chi connectivity index (χ4n) is 4.64.